The van der Waals surface area contributed by atoms with Gasteiger partial charge >= 0.3 is 0 Å². The molecule has 5 rings (SSSR count). The van der Waals surface area contributed by atoms with Crippen LogP contribution in [-0.4, -0.2) is 61.7 Å². The maximum Gasteiger partial charge on any atom is 0.245 e. The van der Waals surface area contributed by atoms with Crippen molar-refractivity contribution in [3.8, 4) is 17.2 Å². The van der Waals surface area contributed by atoms with Crippen LogP contribution in [0.1, 0.15) is 38.3 Å². The number of halogens is 1. The summed E-state index contributed by atoms with van der Waals surface area (Å²) in [5.41, 5.74) is 1.58. The van der Waals surface area contributed by atoms with E-state index in [4.69, 9.17) is 33.2 Å². The third-order valence-corrected chi connectivity index (χ3v) is 7.26. The topological polar surface area (TPSA) is 84.8 Å². The van der Waals surface area contributed by atoms with Crippen molar-refractivity contribution in [2.24, 2.45) is 0 Å². The van der Waals surface area contributed by atoms with Crippen LogP contribution in [-0.2, 0) is 31.2 Å². The normalized spacial score (nSPS) is 31.6. The molecule has 1 fully saturated rings. The van der Waals surface area contributed by atoms with Gasteiger partial charge in [0.2, 0.25) is 11.6 Å². The van der Waals surface area contributed by atoms with Gasteiger partial charge in [-0.25, -0.2) is 0 Å². The summed E-state index contributed by atoms with van der Waals surface area (Å²) in [6.45, 7) is 5.61. The molecule has 3 aliphatic rings. The van der Waals surface area contributed by atoms with Gasteiger partial charge in [0.15, 0.2) is 0 Å². The molecule has 1 spiro atoms. The summed E-state index contributed by atoms with van der Waals surface area (Å²) < 4.78 is 43.2. The minimum atomic E-state index is -1.45. The average molecular weight is 539 g/mol. The maximum atomic E-state index is 11.2. The number of rotatable bonds is 5. The number of ether oxygens (including phenoxy) is 7. The van der Waals surface area contributed by atoms with Crippen molar-refractivity contribution >= 4 is 26.7 Å². The van der Waals surface area contributed by atoms with Gasteiger partial charge in [0.25, 0.3) is 0 Å². The van der Waals surface area contributed by atoms with E-state index in [1.165, 1.54) is 7.11 Å². The molecule has 0 unspecified atom stereocenters. The molecule has 186 valence electrons. The van der Waals surface area contributed by atoms with Crippen LogP contribution < -0.4 is 14.2 Å². The lowest BCUT2D eigenvalue weighted by atomic mass is 9.80. The molecule has 2 aromatic rings. The molecular weight excluding hydrogens is 508 g/mol. The van der Waals surface area contributed by atoms with Crippen LogP contribution in [0.25, 0.3) is 10.8 Å². The molecule has 9 heteroatoms. The number of fused-ring (bicyclic) bond motifs is 3. The highest BCUT2D eigenvalue weighted by Gasteiger charge is 2.59. The summed E-state index contributed by atoms with van der Waals surface area (Å²) in [5.74, 6) is -0.394. The third-order valence-electron chi connectivity index (χ3n) is 6.54. The van der Waals surface area contributed by atoms with Crippen molar-refractivity contribution in [1.29, 1.82) is 0 Å². The number of hydrogen-bond acceptors (Lipinski definition) is 8. The standard InChI is InChI=1S/C25H31BrO8/c1-13-9-17(27)23(30-12-28-4)25(31-13)20-16(10-14(11-26)32-25)21(29-5)15-7-6-8-18-19(15)22(20)34-24(2,3)33-18/h6-8,13-14,17,23,27H,9-12H2,1-5H3/t13-,14+,17-,23-,25-/m0/s1. The second kappa shape index (κ2) is 8.80. The Bertz CT molecular complexity index is 1090. The number of hydrogen-bond donors (Lipinski definition) is 1. The molecule has 1 saturated heterocycles. The first kappa shape index (κ1) is 24.1. The Morgan fingerprint density at radius 2 is 1.97 bits per heavy atom. The van der Waals surface area contributed by atoms with E-state index in [0.29, 0.717) is 41.0 Å². The van der Waals surface area contributed by atoms with Gasteiger partial charge in [0, 0.05) is 50.1 Å². The molecule has 2 aromatic carbocycles. The largest absolute Gasteiger partial charge is 0.496 e. The van der Waals surface area contributed by atoms with Gasteiger partial charge in [-0.1, -0.05) is 28.1 Å². The SMILES string of the molecule is COCO[C@H]1[C@@H](O)C[C@H](C)O[C@@]12O[C@@H](CBr)Cc1c2c2c3c(cccc3c1OC)OC(C)(C)O2. The molecule has 5 atom stereocenters. The first-order chi connectivity index (χ1) is 16.2. The fourth-order valence-electron chi connectivity index (χ4n) is 5.46. The minimum absolute atomic E-state index is 0.0281. The van der Waals surface area contributed by atoms with Crippen LogP contribution >= 0.6 is 15.9 Å². The average Bonchev–Trinajstić information content (AvgIpc) is 2.77. The van der Waals surface area contributed by atoms with Crippen LogP contribution in [0.4, 0.5) is 0 Å². The third kappa shape index (κ3) is 3.68. The van der Waals surface area contributed by atoms with Crippen LogP contribution in [0.5, 0.6) is 17.2 Å². The zero-order chi connectivity index (χ0) is 24.3. The molecule has 0 aliphatic carbocycles. The maximum absolute atomic E-state index is 11.2. The summed E-state index contributed by atoms with van der Waals surface area (Å²) in [7, 11) is 3.19. The summed E-state index contributed by atoms with van der Waals surface area (Å²) in [5, 5.41) is 13.4. The van der Waals surface area contributed by atoms with Gasteiger partial charge in [-0.15, -0.1) is 0 Å². The summed E-state index contributed by atoms with van der Waals surface area (Å²) in [6, 6.07) is 5.86. The van der Waals surface area contributed by atoms with Crippen LogP contribution in [0.2, 0.25) is 0 Å². The van der Waals surface area contributed by atoms with Crippen molar-refractivity contribution in [3.63, 3.8) is 0 Å². The van der Waals surface area contributed by atoms with Gasteiger partial charge in [0.05, 0.1) is 36.4 Å². The lowest BCUT2D eigenvalue weighted by Gasteiger charge is -2.52. The Kier molecular flexibility index (Phi) is 6.23. The summed E-state index contributed by atoms with van der Waals surface area (Å²) >= 11 is 3.59. The van der Waals surface area contributed by atoms with E-state index in [0.717, 1.165) is 16.3 Å². The number of methoxy groups -OCH3 is 2. The highest BCUT2D eigenvalue weighted by molar-refractivity contribution is 9.09. The Morgan fingerprint density at radius 3 is 2.68 bits per heavy atom. The monoisotopic (exact) mass is 538 g/mol. The molecule has 0 aromatic heterocycles. The second-order valence-electron chi connectivity index (χ2n) is 9.49. The van der Waals surface area contributed by atoms with E-state index in [1.807, 2.05) is 39.0 Å². The molecule has 3 heterocycles. The molecule has 0 radical (unpaired) electrons. The molecule has 0 saturated carbocycles. The van der Waals surface area contributed by atoms with E-state index < -0.39 is 23.8 Å². The highest BCUT2D eigenvalue weighted by atomic mass is 79.9. The van der Waals surface area contributed by atoms with Crippen LogP contribution in [0.3, 0.4) is 0 Å². The lowest BCUT2D eigenvalue weighted by molar-refractivity contribution is -0.377. The van der Waals surface area contributed by atoms with Crippen molar-refractivity contribution in [2.75, 3.05) is 26.3 Å². The van der Waals surface area contributed by atoms with Crippen molar-refractivity contribution in [2.45, 2.75) is 69.6 Å². The van der Waals surface area contributed by atoms with E-state index in [1.54, 1.807) is 7.11 Å². The smallest absolute Gasteiger partial charge is 0.245 e. The predicted molar refractivity (Wildman–Crippen MR) is 128 cm³/mol. The van der Waals surface area contributed by atoms with Crippen LogP contribution in [0, 0.1) is 0 Å². The van der Waals surface area contributed by atoms with E-state index >= 15 is 0 Å². The zero-order valence-corrected chi connectivity index (χ0v) is 21.6. The quantitative estimate of drug-likeness (QED) is 0.451. The number of aliphatic hydroxyl groups is 1. The van der Waals surface area contributed by atoms with E-state index in [2.05, 4.69) is 15.9 Å². The zero-order valence-electron chi connectivity index (χ0n) is 20.1. The van der Waals surface area contributed by atoms with Gasteiger partial charge in [-0.05, 0) is 13.0 Å². The molecule has 3 aliphatic heterocycles. The molecule has 1 N–H and O–H groups in total. The fourth-order valence-corrected chi connectivity index (χ4v) is 5.82. The number of alkyl halides is 1. The molecule has 8 nitrogen and oxygen atoms in total. The van der Waals surface area contributed by atoms with Gasteiger partial charge in [-0.3, -0.25) is 0 Å². The molecule has 0 amide bonds. The fraction of sp³-hybridized carbons (Fsp3) is 0.600. The van der Waals surface area contributed by atoms with Crippen LogP contribution in [0.15, 0.2) is 18.2 Å². The number of benzene rings is 2. The van der Waals surface area contributed by atoms with E-state index in [-0.39, 0.29) is 19.0 Å². The Hall–Kier alpha value is -1.62. The van der Waals surface area contributed by atoms with Crippen molar-refractivity contribution < 1.29 is 38.3 Å². The molecular formula is C25H31BrO8. The van der Waals surface area contributed by atoms with Gasteiger partial charge in [-0.2, -0.15) is 0 Å². The second-order valence-corrected chi connectivity index (χ2v) is 10.1. The Morgan fingerprint density at radius 1 is 1.18 bits per heavy atom. The molecule has 34 heavy (non-hydrogen) atoms. The number of aliphatic hydroxyl groups excluding tert-OH is 1. The lowest BCUT2D eigenvalue weighted by Crippen LogP contribution is -2.61. The molecule has 0 bridgehead atoms. The minimum Gasteiger partial charge on any atom is -0.496 e. The summed E-state index contributed by atoms with van der Waals surface area (Å²) in [4.78, 5) is 0. The summed E-state index contributed by atoms with van der Waals surface area (Å²) in [6.07, 6.45) is -1.30. The van der Waals surface area contributed by atoms with Crippen molar-refractivity contribution in [1.82, 2.24) is 0 Å². The van der Waals surface area contributed by atoms with Gasteiger partial charge in [0.1, 0.15) is 30.1 Å². The first-order valence-corrected chi connectivity index (χ1v) is 12.6. The van der Waals surface area contributed by atoms with E-state index in [9.17, 15) is 5.11 Å². The Labute approximate surface area is 207 Å². The van der Waals surface area contributed by atoms with Crippen molar-refractivity contribution in [3.05, 3.63) is 29.3 Å². The van der Waals surface area contributed by atoms with Gasteiger partial charge < -0.3 is 38.3 Å². The first-order valence-electron chi connectivity index (χ1n) is 11.5. The highest BCUT2D eigenvalue weighted by Crippen LogP contribution is 2.58. The Balaban J connectivity index is 1.87. The predicted octanol–water partition coefficient (Wildman–Crippen LogP) is 4.00.